The Balaban J connectivity index is 1.98. The lowest BCUT2D eigenvalue weighted by Crippen LogP contribution is -2.23. The normalized spacial score (nSPS) is 40.2. The first-order chi connectivity index (χ1) is 8.13. The van der Waals surface area contributed by atoms with E-state index in [9.17, 15) is 15.0 Å². The van der Waals surface area contributed by atoms with E-state index >= 15 is 0 Å². The van der Waals surface area contributed by atoms with Gasteiger partial charge in [-0.3, -0.25) is 4.79 Å². The van der Waals surface area contributed by atoms with E-state index in [4.69, 9.17) is 5.02 Å². The van der Waals surface area contributed by atoms with Gasteiger partial charge in [0.25, 0.3) is 7.48 Å². The van der Waals surface area contributed by atoms with Gasteiger partial charge in [0, 0.05) is 0 Å². The molecule has 0 aromatic carbocycles. The van der Waals surface area contributed by atoms with E-state index in [1.807, 2.05) is 0 Å². The summed E-state index contributed by atoms with van der Waals surface area (Å²) in [6, 6.07) is 0. The summed E-state index contributed by atoms with van der Waals surface area (Å²) in [7, 11) is 1.14. The summed E-state index contributed by atoms with van der Waals surface area (Å²) in [6.45, 7) is 0. The number of aliphatic hydroxyl groups is 1. The molecule has 0 spiro atoms. The van der Waals surface area contributed by atoms with Gasteiger partial charge >= 0.3 is 5.97 Å². The first-order valence-electron chi connectivity index (χ1n) is 6.50. The summed E-state index contributed by atoms with van der Waals surface area (Å²) in [4.78, 5) is 11.2. The number of carbonyl (C=O) groups is 1. The molecule has 0 amide bonds. The van der Waals surface area contributed by atoms with Gasteiger partial charge in [-0.25, -0.2) is 0 Å². The minimum atomic E-state index is -0.688. The largest absolute Gasteiger partial charge is 0.481 e. The molecule has 2 rings (SSSR count). The van der Waals surface area contributed by atoms with Crippen LogP contribution in [0.2, 0.25) is 6.32 Å². The van der Waals surface area contributed by atoms with Crippen molar-refractivity contribution in [3.05, 3.63) is 0 Å². The minimum Gasteiger partial charge on any atom is -0.481 e. The van der Waals surface area contributed by atoms with Crippen LogP contribution in [-0.2, 0) is 4.79 Å². The highest BCUT2D eigenvalue weighted by molar-refractivity contribution is 6.25. The van der Waals surface area contributed by atoms with Crippen molar-refractivity contribution in [2.45, 2.75) is 44.5 Å². The Hall–Kier alpha value is -0.545. The molecule has 0 bridgehead atoms. The maximum absolute atomic E-state index is 11.2. The molecule has 0 heterocycles. The third kappa shape index (κ3) is 2.66. The van der Waals surface area contributed by atoms with Crippen LogP contribution in [0.3, 0.4) is 0 Å². The van der Waals surface area contributed by atoms with Crippen molar-refractivity contribution in [3.8, 4) is 0 Å². The van der Waals surface area contributed by atoms with Gasteiger partial charge in [-0.15, -0.1) is 0 Å². The van der Waals surface area contributed by atoms with Crippen LogP contribution in [0, 0.1) is 23.7 Å². The second-order valence-electron chi connectivity index (χ2n) is 5.51. The Labute approximate surface area is 102 Å². The minimum absolute atomic E-state index is 0.189. The van der Waals surface area contributed by atoms with Gasteiger partial charge in [0.15, 0.2) is 0 Å². The van der Waals surface area contributed by atoms with Crippen molar-refractivity contribution < 1.29 is 20.0 Å². The maximum Gasteiger partial charge on any atom is 0.306 e. The molecule has 95 valence electrons. The first kappa shape index (κ1) is 12.9. The lowest BCUT2D eigenvalue weighted by molar-refractivity contribution is -0.143. The molecule has 0 aromatic heterocycles. The highest BCUT2D eigenvalue weighted by Gasteiger charge is 2.49. The second-order valence-corrected chi connectivity index (χ2v) is 5.51. The number of carboxylic acids is 1. The average Bonchev–Trinajstić information content (AvgIpc) is 2.76. The van der Waals surface area contributed by atoms with Crippen LogP contribution in [0.1, 0.15) is 32.1 Å². The number of carboxylic acid groups (broad SMARTS) is 1. The highest BCUT2D eigenvalue weighted by atomic mass is 16.4. The Kier molecular flexibility index (Phi) is 4.10. The van der Waals surface area contributed by atoms with Gasteiger partial charge in [0.05, 0.1) is 12.0 Å². The Morgan fingerprint density at radius 2 is 2.06 bits per heavy atom. The molecule has 0 aromatic rings. The van der Waals surface area contributed by atoms with Gasteiger partial charge < -0.3 is 15.2 Å². The van der Waals surface area contributed by atoms with Crippen molar-refractivity contribution in [2.75, 3.05) is 0 Å². The van der Waals surface area contributed by atoms with E-state index in [2.05, 4.69) is 0 Å². The molecule has 17 heavy (non-hydrogen) atoms. The molecule has 5 heteroatoms. The number of fused-ring (bicyclic) bond motifs is 1. The van der Waals surface area contributed by atoms with Crippen molar-refractivity contribution >= 4 is 13.5 Å². The Morgan fingerprint density at radius 1 is 1.29 bits per heavy atom. The summed E-state index contributed by atoms with van der Waals surface area (Å²) >= 11 is 0. The van der Waals surface area contributed by atoms with Crippen molar-refractivity contribution in [1.82, 2.24) is 0 Å². The predicted octanol–water partition coefficient (Wildman–Crippen LogP) is 0.904. The third-order valence-corrected chi connectivity index (χ3v) is 4.54. The molecule has 0 aliphatic heterocycles. The summed E-state index contributed by atoms with van der Waals surface area (Å²) in [5, 5.41) is 27.6. The number of rotatable bonds is 5. The van der Waals surface area contributed by atoms with Crippen LogP contribution in [0.4, 0.5) is 0 Å². The van der Waals surface area contributed by atoms with Crippen molar-refractivity contribution in [3.63, 3.8) is 0 Å². The molecular formula is C12H20BO4. The van der Waals surface area contributed by atoms with E-state index in [0.717, 1.165) is 39.6 Å². The van der Waals surface area contributed by atoms with E-state index in [0.29, 0.717) is 18.2 Å². The third-order valence-electron chi connectivity index (χ3n) is 4.54. The lowest BCUT2D eigenvalue weighted by atomic mass is 9.81. The van der Waals surface area contributed by atoms with Gasteiger partial charge in [-0.05, 0) is 43.4 Å². The number of aliphatic carboxylic acids is 1. The fourth-order valence-electron chi connectivity index (χ4n) is 3.87. The fraction of sp³-hybridized carbons (Fsp3) is 0.917. The molecule has 2 saturated carbocycles. The van der Waals surface area contributed by atoms with Crippen LogP contribution in [0.15, 0.2) is 0 Å². The van der Waals surface area contributed by atoms with Gasteiger partial charge in [0.1, 0.15) is 0 Å². The van der Waals surface area contributed by atoms with Gasteiger partial charge in [-0.2, -0.15) is 0 Å². The molecule has 2 aliphatic rings. The van der Waals surface area contributed by atoms with E-state index in [-0.39, 0.29) is 17.9 Å². The maximum atomic E-state index is 11.2. The van der Waals surface area contributed by atoms with Gasteiger partial charge in [-0.1, -0.05) is 12.7 Å². The van der Waals surface area contributed by atoms with Crippen LogP contribution >= 0.6 is 0 Å². The van der Waals surface area contributed by atoms with E-state index in [1.165, 1.54) is 0 Å². The number of hydrogen-bond donors (Lipinski definition) is 3. The number of hydrogen-bond acceptors (Lipinski definition) is 3. The Bertz CT molecular complexity index is 284. The number of aliphatic hydroxyl groups excluding tert-OH is 1. The molecule has 4 nitrogen and oxygen atoms in total. The summed E-state index contributed by atoms with van der Waals surface area (Å²) in [5.74, 6) is 0.0386. The standard InChI is InChI=1S/C12H20BO4/c14-8-4-7-5-11(12(15)16)9(10(7)6-8)2-1-3-13-17/h7-11,14,17H,1-6H2,(H,15,16). The zero-order chi connectivity index (χ0) is 12.4. The summed E-state index contributed by atoms with van der Waals surface area (Å²) in [6.07, 6.45) is 4.35. The predicted molar refractivity (Wildman–Crippen MR) is 63.5 cm³/mol. The molecule has 2 fully saturated rings. The van der Waals surface area contributed by atoms with Crippen molar-refractivity contribution in [1.29, 1.82) is 0 Å². The highest BCUT2D eigenvalue weighted by Crippen LogP contribution is 2.52. The topological polar surface area (TPSA) is 77.8 Å². The zero-order valence-corrected chi connectivity index (χ0v) is 9.96. The monoisotopic (exact) mass is 239 g/mol. The van der Waals surface area contributed by atoms with Crippen LogP contribution in [0.25, 0.3) is 0 Å². The molecule has 0 saturated heterocycles. The smallest absolute Gasteiger partial charge is 0.306 e. The molecule has 2 aliphatic carbocycles. The van der Waals surface area contributed by atoms with Gasteiger partial charge in [0.2, 0.25) is 0 Å². The quantitative estimate of drug-likeness (QED) is 0.492. The van der Waals surface area contributed by atoms with Crippen LogP contribution in [0.5, 0.6) is 0 Å². The first-order valence-corrected chi connectivity index (χ1v) is 6.50. The average molecular weight is 239 g/mol. The fourth-order valence-corrected chi connectivity index (χ4v) is 3.87. The van der Waals surface area contributed by atoms with Crippen molar-refractivity contribution in [2.24, 2.45) is 23.7 Å². The Morgan fingerprint density at radius 3 is 2.71 bits per heavy atom. The molecule has 1 radical (unpaired) electrons. The lowest BCUT2D eigenvalue weighted by Gasteiger charge is -2.21. The molecule has 5 unspecified atom stereocenters. The molecule has 3 N–H and O–H groups in total. The summed E-state index contributed by atoms with van der Waals surface area (Å²) in [5.41, 5.74) is 0. The molecular weight excluding hydrogens is 219 g/mol. The zero-order valence-electron chi connectivity index (χ0n) is 9.96. The SMILES string of the molecule is O=C(O)C1CC2CC(O)CC2C1CCC[B]O. The van der Waals surface area contributed by atoms with Crippen LogP contribution in [-0.4, -0.2) is 34.8 Å². The molecule has 5 atom stereocenters. The summed E-state index contributed by atoms with van der Waals surface area (Å²) < 4.78 is 0. The van der Waals surface area contributed by atoms with E-state index in [1.54, 1.807) is 0 Å². The van der Waals surface area contributed by atoms with Crippen LogP contribution < -0.4 is 0 Å². The second kappa shape index (κ2) is 5.40. The van der Waals surface area contributed by atoms with E-state index < -0.39 is 5.97 Å².